The number of hydrogen-bond acceptors (Lipinski definition) is 4. The van der Waals surface area contributed by atoms with Crippen LogP contribution in [0, 0.1) is 0 Å². The minimum atomic E-state index is 0.0573. The highest BCUT2D eigenvalue weighted by Gasteiger charge is 2.21. The molecule has 0 aromatic heterocycles. The van der Waals surface area contributed by atoms with Gasteiger partial charge in [-0.2, -0.15) is 0 Å². The van der Waals surface area contributed by atoms with Crippen LogP contribution in [0.25, 0.3) is 0 Å². The fourth-order valence-electron chi connectivity index (χ4n) is 2.07. The first-order valence-corrected chi connectivity index (χ1v) is 7.05. The predicted octanol–water partition coefficient (Wildman–Crippen LogP) is -0.571. The fraction of sp³-hybridized carbons (Fsp3) is 0.846. The number of carbonyl (C=O) groups is 2. The minimum absolute atomic E-state index is 0.0573. The Morgan fingerprint density at radius 3 is 2.47 bits per heavy atom. The summed E-state index contributed by atoms with van der Waals surface area (Å²) in [5, 5.41) is 11.6. The Kier molecular flexibility index (Phi) is 7.43. The summed E-state index contributed by atoms with van der Waals surface area (Å²) in [4.78, 5) is 27.2. The van der Waals surface area contributed by atoms with E-state index in [9.17, 15) is 9.59 Å². The van der Waals surface area contributed by atoms with Crippen molar-refractivity contribution < 1.29 is 14.7 Å². The standard InChI is InChI=1S/C13H25N3O3/c1-2-5-14-12(18)11-15-6-8-16(9-7-15)13(19)4-3-10-17/h17H,2-11H2,1H3,(H,14,18). The van der Waals surface area contributed by atoms with Crippen LogP contribution in [0.2, 0.25) is 0 Å². The monoisotopic (exact) mass is 271 g/mol. The molecule has 0 atom stereocenters. The van der Waals surface area contributed by atoms with Gasteiger partial charge in [-0.1, -0.05) is 6.92 Å². The highest BCUT2D eigenvalue weighted by Crippen LogP contribution is 2.04. The van der Waals surface area contributed by atoms with Crippen molar-refractivity contribution in [3.05, 3.63) is 0 Å². The summed E-state index contributed by atoms with van der Waals surface area (Å²) in [6.45, 7) is 6.04. The molecule has 2 amide bonds. The maximum atomic E-state index is 11.7. The third kappa shape index (κ3) is 6.02. The van der Waals surface area contributed by atoms with E-state index in [1.807, 2.05) is 11.8 Å². The first kappa shape index (κ1) is 15.9. The first-order valence-electron chi connectivity index (χ1n) is 7.05. The summed E-state index contributed by atoms with van der Waals surface area (Å²) in [6.07, 6.45) is 1.88. The molecule has 2 N–H and O–H groups in total. The van der Waals surface area contributed by atoms with Gasteiger partial charge in [-0.25, -0.2) is 0 Å². The van der Waals surface area contributed by atoms with Crippen LogP contribution in [0.1, 0.15) is 26.2 Å². The number of rotatable bonds is 7. The molecule has 0 saturated carbocycles. The van der Waals surface area contributed by atoms with Crippen molar-refractivity contribution in [2.45, 2.75) is 26.2 Å². The van der Waals surface area contributed by atoms with Crippen LogP contribution in [0.15, 0.2) is 0 Å². The van der Waals surface area contributed by atoms with E-state index >= 15 is 0 Å². The van der Waals surface area contributed by atoms with Gasteiger partial charge in [0.25, 0.3) is 0 Å². The number of nitrogens with zero attached hydrogens (tertiary/aromatic N) is 2. The molecule has 1 aliphatic rings. The lowest BCUT2D eigenvalue weighted by Crippen LogP contribution is -2.51. The van der Waals surface area contributed by atoms with E-state index in [0.29, 0.717) is 32.5 Å². The number of amides is 2. The van der Waals surface area contributed by atoms with Crippen LogP contribution >= 0.6 is 0 Å². The van der Waals surface area contributed by atoms with E-state index < -0.39 is 0 Å². The summed E-state index contributed by atoms with van der Waals surface area (Å²) in [5.41, 5.74) is 0. The third-order valence-corrected chi connectivity index (χ3v) is 3.21. The largest absolute Gasteiger partial charge is 0.396 e. The van der Waals surface area contributed by atoms with Gasteiger partial charge in [0, 0.05) is 45.8 Å². The molecular weight excluding hydrogens is 246 g/mol. The zero-order valence-electron chi connectivity index (χ0n) is 11.7. The van der Waals surface area contributed by atoms with Crippen LogP contribution in [0.4, 0.5) is 0 Å². The molecule has 0 bridgehead atoms. The molecule has 0 radical (unpaired) electrons. The van der Waals surface area contributed by atoms with Crippen molar-refractivity contribution in [1.29, 1.82) is 0 Å². The predicted molar refractivity (Wildman–Crippen MR) is 72.6 cm³/mol. The van der Waals surface area contributed by atoms with E-state index in [0.717, 1.165) is 26.1 Å². The van der Waals surface area contributed by atoms with E-state index in [4.69, 9.17) is 5.11 Å². The summed E-state index contributed by atoms with van der Waals surface area (Å²) in [6, 6.07) is 0. The highest BCUT2D eigenvalue weighted by molar-refractivity contribution is 5.78. The Balaban J connectivity index is 2.21. The van der Waals surface area contributed by atoms with Crippen molar-refractivity contribution in [2.75, 3.05) is 45.9 Å². The van der Waals surface area contributed by atoms with Gasteiger partial charge in [0.2, 0.25) is 11.8 Å². The van der Waals surface area contributed by atoms with Gasteiger partial charge >= 0.3 is 0 Å². The van der Waals surface area contributed by atoms with Crippen molar-refractivity contribution >= 4 is 11.8 Å². The van der Waals surface area contributed by atoms with E-state index in [1.54, 1.807) is 0 Å². The third-order valence-electron chi connectivity index (χ3n) is 3.21. The van der Waals surface area contributed by atoms with Crippen LogP contribution in [0.5, 0.6) is 0 Å². The molecule has 1 heterocycles. The lowest BCUT2D eigenvalue weighted by molar-refractivity contribution is -0.133. The Hall–Kier alpha value is -1.14. The quantitative estimate of drug-likeness (QED) is 0.650. The maximum absolute atomic E-state index is 11.7. The molecule has 1 aliphatic heterocycles. The lowest BCUT2D eigenvalue weighted by Gasteiger charge is -2.34. The average Bonchev–Trinajstić information content (AvgIpc) is 2.43. The average molecular weight is 271 g/mol. The van der Waals surface area contributed by atoms with E-state index in [1.165, 1.54) is 0 Å². The molecule has 19 heavy (non-hydrogen) atoms. The SMILES string of the molecule is CCCNC(=O)CN1CCN(C(=O)CCCO)CC1. The van der Waals surface area contributed by atoms with Crippen LogP contribution in [-0.2, 0) is 9.59 Å². The van der Waals surface area contributed by atoms with Crippen molar-refractivity contribution in [3.8, 4) is 0 Å². The molecule has 1 saturated heterocycles. The zero-order valence-corrected chi connectivity index (χ0v) is 11.7. The molecule has 110 valence electrons. The molecule has 0 spiro atoms. The molecule has 6 heteroatoms. The summed E-state index contributed by atoms with van der Waals surface area (Å²) >= 11 is 0. The molecule has 0 aromatic carbocycles. The number of nitrogens with one attached hydrogen (secondary N) is 1. The summed E-state index contributed by atoms with van der Waals surface area (Å²) in [7, 11) is 0. The van der Waals surface area contributed by atoms with Crippen molar-refractivity contribution in [3.63, 3.8) is 0 Å². The molecule has 0 aliphatic carbocycles. The maximum Gasteiger partial charge on any atom is 0.234 e. The molecular formula is C13H25N3O3. The zero-order chi connectivity index (χ0) is 14.1. The second-order valence-corrected chi connectivity index (χ2v) is 4.83. The molecule has 6 nitrogen and oxygen atoms in total. The van der Waals surface area contributed by atoms with Gasteiger partial charge in [0.05, 0.1) is 6.54 Å². The summed E-state index contributed by atoms with van der Waals surface area (Å²) in [5.74, 6) is 0.158. The highest BCUT2D eigenvalue weighted by atomic mass is 16.3. The van der Waals surface area contributed by atoms with Gasteiger partial charge in [-0.15, -0.1) is 0 Å². The Morgan fingerprint density at radius 2 is 1.89 bits per heavy atom. The Morgan fingerprint density at radius 1 is 1.21 bits per heavy atom. The number of hydrogen-bond donors (Lipinski definition) is 2. The second kappa shape index (κ2) is 8.87. The first-order chi connectivity index (χ1) is 9.17. The fourth-order valence-corrected chi connectivity index (χ4v) is 2.07. The van der Waals surface area contributed by atoms with Crippen molar-refractivity contribution in [1.82, 2.24) is 15.1 Å². The number of piperazine rings is 1. The lowest BCUT2D eigenvalue weighted by atomic mass is 10.2. The number of aliphatic hydroxyl groups excluding tert-OH is 1. The molecule has 0 aromatic rings. The van der Waals surface area contributed by atoms with E-state index in [-0.39, 0.29) is 18.4 Å². The van der Waals surface area contributed by atoms with E-state index in [2.05, 4.69) is 10.2 Å². The molecule has 1 fully saturated rings. The second-order valence-electron chi connectivity index (χ2n) is 4.83. The smallest absolute Gasteiger partial charge is 0.234 e. The molecule has 0 unspecified atom stereocenters. The Bertz CT molecular complexity index is 289. The van der Waals surface area contributed by atoms with Gasteiger partial charge in [0.15, 0.2) is 0 Å². The summed E-state index contributed by atoms with van der Waals surface area (Å²) < 4.78 is 0. The number of aliphatic hydroxyl groups is 1. The topological polar surface area (TPSA) is 72.9 Å². The minimum Gasteiger partial charge on any atom is -0.396 e. The van der Waals surface area contributed by atoms with Crippen LogP contribution in [-0.4, -0.2) is 72.6 Å². The normalized spacial score (nSPS) is 16.4. The molecule has 1 rings (SSSR count). The van der Waals surface area contributed by atoms with Crippen LogP contribution < -0.4 is 5.32 Å². The van der Waals surface area contributed by atoms with Gasteiger partial charge in [-0.05, 0) is 12.8 Å². The Labute approximate surface area is 114 Å². The van der Waals surface area contributed by atoms with Gasteiger partial charge < -0.3 is 15.3 Å². The van der Waals surface area contributed by atoms with Crippen molar-refractivity contribution in [2.24, 2.45) is 0 Å². The van der Waals surface area contributed by atoms with Crippen LogP contribution in [0.3, 0.4) is 0 Å². The van der Waals surface area contributed by atoms with Gasteiger partial charge in [0.1, 0.15) is 0 Å². The number of carbonyl (C=O) groups excluding carboxylic acids is 2. The van der Waals surface area contributed by atoms with Gasteiger partial charge in [-0.3, -0.25) is 14.5 Å².